The minimum Gasteiger partial charge on any atom is -0.497 e. The Hall–Kier alpha value is -1.26. The van der Waals surface area contributed by atoms with Crippen molar-refractivity contribution in [2.75, 3.05) is 41.0 Å². The average molecular weight is 253 g/mol. The fraction of sp³-hybridized carbons (Fsp3) is 0.571. The second kappa shape index (κ2) is 7.95. The van der Waals surface area contributed by atoms with Gasteiger partial charge in [-0.15, -0.1) is 0 Å². The number of rotatable bonds is 8. The largest absolute Gasteiger partial charge is 0.497 e. The molecule has 18 heavy (non-hydrogen) atoms. The van der Waals surface area contributed by atoms with Gasteiger partial charge in [0.05, 0.1) is 13.7 Å². The maximum absolute atomic E-state index is 5.68. The predicted molar refractivity (Wildman–Crippen MR) is 72.5 cm³/mol. The summed E-state index contributed by atoms with van der Waals surface area (Å²) in [4.78, 5) is 2.21. The van der Waals surface area contributed by atoms with E-state index in [-0.39, 0.29) is 0 Å². The van der Waals surface area contributed by atoms with Crippen molar-refractivity contribution in [2.45, 2.75) is 13.0 Å². The summed E-state index contributed by atoms with van der Waals surface area (Å²) in [6.07, 6.45) is 0. The van der Waals surface area contributed by atoms with E-state index in [1.54, 1.807) is 14.2 Å². The molecule has 4 nitrogen and oxygen atoms in total. The molecule has 0 saturated carbocycles. The van der Waals surface area contributed by atoms with Crippen LogP contribution in [0.3, 0.4) is 0 Å². The first kappa shape index (κ1) is 14.8. The van der Waals surface area contributed by atoms with E-state index in [9.17, 15) is 0 Å². The molecular formula is C14H23NO3. The van der Waals surface area contributed by atoms with Gasteiger partial charge in [-0.05, 0) is 26.1 Å². The molecule has 0 spiro atoms. The van der Waals surface area contributed by atoms with Crippen LogP contribution in [0.2, 0.25) is 0 Å². The zero-order valence-corrected chi connectivity index (χ0v) is 11.7. The van der Waals surface area contributed by atoms with Gasteiger partial charge in [0, 0.05) is 25.8 Å². The van der Waals surface area contributed by atoms with Gasteiger partial charge in [-0.25, -0.2) is 0 Å². The Bertz CT molecular complexity index is 344. The molecule has 0 saturated heterocycles. The lowest BCUT2D eigenvalue weighted by atomic mass is 10.3. The summed E-state index contributed by atoms with van der Waals surface area (Å²) in [6.45, 7) is 4.38. The SMILES string of the molecule is COC[C@@H](C)N(C)CCOc1cccc(OC)c1. The fourth-order valence-corrected chi connectivity index (χ4v) is 1.59. The zero-order valence-electron chi connectivity index (χ0n) is 11.7. The molecule has 0 bridgehead atoms. The molecule has 1 aromatic carbocycles. The molecule has 0 amide bonds. The van der Waals surface area contributed by atoms with Gasteiger partial charge in [0.15, 0.2) is 0 Å². The smallest absolute Gasteiger partial charge is 0.123 e. The maximum Gasteiger partial charge on any atom is 0.123 e. The summed E-state index contributed by atoms with van der Waals surface area (Å²) < 4.78 is 16.0. The molecule has 0 aliphatic carbocycles. The molecule has 1 rings (SSSR count). The number of hydrogen-bond acceptors (Lipinski definition) is 4. The standard InChI is InChI=1S/C14H23NO3/c1-12(11-16-3)15(2)8-9-18-14-7-5-6-13(10-14)17-4/h5-7,10,12H,8-9,11H2,1-4H3/t12-/m1/s1. The third kappa shape index (κ3) is 4.94. The van der Waals surface area contributed by atoms with Gasteiger partial charge in [0.2, 0.25) is 0 Å². The molecule has 1 atom stereocenters. The Morgan fingerprint density at radius 2 is 1.94 bits per heavy atom. The lowest BCUT2D eigenvalue weighted by molar-refractivity contribution is 0.105. The van der Waals surface area contributed by atoms with Crippen LogP contribution in [-0.2, 0) is 4.74 Å². The lowest BCUT2D eigenvalue weighted by Gasteiger charge is -2.23. The van der Waals surface area contributed by atoms with Crippen molar-refractivity contribution in [1.82, 2.24) is 4.90 Å². The summed E-state index contributed by atoms with van der Waals surface area (Å²) in [5, 5.41) is 0. The molecule has 0 radical (unpaired) electrons. The normalized spacial score (nSPS) is 12.5. The molecule has 0 aromatic heterocycles. The van der Waals surface area contributed by atoms with Crippen LogP contribution in [0.15, 0.2) is 24.3 Å². The van der Waals surface area contributed by atoms with Crippen molar-refractivity contribution in [1.29, 1.82) is 0 Å². The van der Waals surface area contributed by atoms with Crippen molar-refractivity contribution >= 4 is 0 Å². The van der Waals surface area contributed by atoms with Crippen LogP contribution in [0, 0.1) is 0 Å². The van der Waals surface area contributed by atoms with Crippen molar-refractivity contribution in [2.24, 2.45) is 0 Å². The highest BCUT2D eigenvalue weighted by molar-refractivity contribution is 5.32. The Labute approximate surface area is 109 Å². The molecular weight excluding hydrogens is 230 g/mol. The first-order valence-corrected chi connectivity index (χ1v) is 6.13. The number of benzene rings is 1. The lowest BCUT2D eigenvalue weighted by Crippen LogP contribution is -2.35. The van der Waals surface area contributed by atoms with Gasteiger partial charge in [0.1, 0.15) is 18.1 Å². The Balaban J connectivity index is 2.32. The van der Waals surface area contributed by atoms with E-state index in [2.05, 4.69) is 18.9 Å². The van der Waals surface area contributed by atoms with E-state index in [1.165, 1.54) is 0 Å². The third-order valence-electron chi connectivity index (χ3n) is 2.91. The molecule has 0 aliphatic rings. The van der Waals surface area contributed by atoms with Crippen LogP contribution in [-0.4, -0.2) is 52.0 Å². The molecule has 0 aliphatic heterocycles. The number of nitrogens with zero attached hydrogens (tertiary/aromatic N) is 1. The molecule has 102 valence electrons. The van der Waals surface area contributed by atoms with Gasteiger partial charge < -0.3 is 14.2 Å². The first-order valence-electron chi connectivity index (χ1n) is 6.13. The number of methoxy groups -OCH3 is 2. The van der Waals surface area contributed by atoms with Crippen LogP contribution in [0.5, 0.6) is 11.5 Å². The van der Waals surface area contributed by atoms with Crippen molar-refractivity contribution in [3.8, 4) is 11.5 Å². The Morgan fingerprint density at radius 1 is 1.22 bits per heavy atom. The fourth-order valence-electron chi connectivity index (χ4n) is 1.59. The highest BCUT2D eigenvalue weighted by Gasteiger charge is 2.08. The van der Waals surface area contributed by atoms with E-state index in [0.29, 0.717) is 12.6 Å². The highest BCUT2D eigenvalue weighted by Crippen LogP contribution is 2.18. The van der Waals surface area contributed by atoms with Crippen LogP contribution < -0.4 is 9.47 Å². The summed E-state index contributed by atoms with van der Waals surface area (Å²) in [5.41, 5.74) is 0. The van der Waals surface area contributed by atoms with Crippen LogP contribution in [0.4, 0.5) is 0 Å². The molecule has 1 aromatic rings. The van der Waals surface area contributed by atoms with E-state index in [1.807, 2.05) is 24.3 Å². The minimum atomic E-state index is 0.393. The van der Waals surface area contributed by atoms with Crippen molar-refractivity contribution in [3.63, 3.8) is 0 Å². The van der Waals surface area contributed by atoms with E-state index < -0.39 is 0 Å². The minimum absolute atomic E-state index is 0.393. The maximum atomic E-state index is 5.68. The number of likely N-dealkylation sites (N-methyl/N-ethyl adjacent to an activating group) is 1. The monoisotopic (exact) mass is 253 g/mol. The van der Waals surface area contributed by atoms with E-state index >= 15 is 0 Å². The molecule has 0 fully saturated rings. The predicted octanol–water partition coefficient (Wildman–Crippen LogP) is 2.04. The third-order valence-corrected chi connectivity index (χ3v) is 2.91. The van der Waals surface area contributed by atoms with Gasteiger partial charge in [-0.3, -0.25) is 4.90 Å². The second-order valence-electron chi connectivity index (χ2n) is 4.31. The second-order valence-corrected chi connectivity index (χ2v) is 4.31. The Kier molecular flexibility index (Phi) is 6.54. The van der Waals surface area contributed by atoms with Crippen molar-refractivity contribution in [3.05, 3.63) is 24.3 Å². The molecule has 0 unspecified atom stereocenters. The highest BCUT2D eigenvalue weighted by atomic mass is 16.5. The number of ether oxygens (including phenoxy) is 3. The van der Waals surface area contributed by atoms with Gasteiger partial charge in [-0.2, -0.15) is 0 Å². The van der Waals surface area contributed by atoms with Crippen molar-refractivity contribution < 1.29 is 14.2 Å². The molecule has 4 heteroatoms. The summed E-state index contributed by atoms with van der Waals surface area (Å²) in [6, 6.07) is 8.04. The van der Waals surface area contributed by atoms with Crippen LogP contribution >= 0.6 is 0 Å². The van der Waals surface area contributed by atoms with Gasteiger partial charge in [0.25, 0.3) is 0 Å². The first-order chi connectivity index (χ1) is 8.67. The van der Waals surface area contributed by atoms with E-state index in [0.717, 1.165) is 24.7 Å². The summed E-state index contributed by atoms with van der Waals surface area (Å²) in [5.74, 6) is 1.65. The van der Waals surface area contributed by atoms with Crippen LogP contribution in [0.1, 0.15) is 6.92 Å². The zero-order chi connectivity index (χ0) is 13.4. The van der Waals surface area contributed by atoms with E-state index in [4.69, 9.17) is 14.2 Å². The topological polar surface area (TPSA) is 30.9 Å². The molecule has 0 N–H and O–H groups in total. The van der Waals surface area contributed by atoms with Gasteiger partial charge in [-0.1, -0.05) is 6.07 Å². The van der Waals surface area contributed by atoms with Crippen LogP contribution in [0.25, 0.3) is 0 Å². The summed E-state index contributed by atoms with van der Waals surface area (Å²) in [7, 11) is 5.44. The average Bonchev–Trinajstić information content (AvgIpc) is 2.39. The Morgan fingerprint density at radius 3 is 2.61 bits per heavy atom. The summed E-state index contributed by atoms with van der Waals surface area (Å²) >= 11 is 0. The quantitative estimate of drug-likeness (QED) is 0.709. The number of hydrogen-bond donors (Lipinski definition) is 0. The molecule has 0 heterocycles. The van der Waals surface area contributed by atoms with Gasteiger partial charge >= 0.3 is 0 Å².